The second-order valence-electron chi connectivity index (χ2n) is 6.71. The summed E-state index contributed by atoms with van der Waals surface area (Å²) in [6.45, 7) is 4.08. The monoisotopic (exact) mass is 451 g/mol. The van der Waals surface area contributed by atoms with Crippen molar-refractivity contribution in [1.29, 1.82) is 0 Å². The highest BCUT2D eigenvalue weighted by molar-refractivity contribution is 6.36. The Balaban J connectivity index is 1.63. The quantitative estimate of drug-likeness (QED) is 0.447. The molecule has 0 spiro atoms. The van der Waals surface area contributed by atoms with Gasteiger partial charge in [0.25, 0.3) is 0 Å². The van der Waals surface area contributed by atoms with Crippen molar-refractivity contribution in [2.75, 3.05) is 10.6 Å². The topological polar surface area (TPSA) is 96.8 Å². The Labute approximate surface area is 182 Å². The first-order valence-electron chi connectivity index (χ1n) is 9.10. The Bertz CT molecular complexity index is 1040. The van der Waals surface area contributed by atoms with Gasteiger partial charge in [0.05, 0.1) is 16.9 Å². The normalized spacial score (nSPS) is 10.9. The van der Waals surface area contributed by atoms with Crippen LogP contribution in [0.4, 0.5) is 21.8 Å². The third-order valence-electron chi connectivity index (χ3n) is 3.89. The number of carbonyl (C=O) groups excluding carboxylic acids is 1. The van der Waals surface area contributed by atoms with Crippen molar-refractivity contribution in [3.63, 3.8) is 0 Å². The van der Waals surface area contributed by atoms with Gasteiger partial charge in [-0.15, -0.1) is 0 Å². The predicted octanol–water partition coefficient (Wildman–Crippen LogP) is 4.00. The minimum Gasteiger partial charge on any atom is -0.366 e. The molecule has 0 saturated carbocycles. The van der Waals surface area contributed by atoms with Crippen LogP contribution in [0.25, 0.3) is 0 Å². The maximum atomic E-state index is 13.6. The number of aromatic nitrogens is 4. The fourth-order valence-electron chi connectivity index (χ4n) is 2.59. The predicted molar refractivity (Wildman–Crippen MR) is 115 cm³/mol. The van der Waals surface area contributed by atoms with Crippen LogP contribution in [0.15, 0.2) is 36.8 Å². The number of hydrogen-bond donors (Lipinski definition) is 3. The summed E-state index contributed by atoms with van der Waals surface area (Å²) >= 11 is 12.1. The van der Waals surface area contributed by atoms with E-state index >= 15 is 0 Å². The van der Waals surface area contributed by atoms with Gasteiger partial charge in [0.1, 0.15) is 18.2 Å². The van der Waals surface area contributed by atoms with Crippen LogP contribution in [-0.4, -0.2) is 31.7 Å². The second kappa shape index (κ2) is 9.73. The molecule has 1 amide bonds. The van der Waals surface area contributed by atoms with Crippen molar-refractivity contribution in [3.05, 3.63) is 58.2 Å². The molecule has 0 radical (unpaired) electrons. The molecular formula is C19H20Cl2FN7O. The molecule has 11 heteroatoms. The molecule has 0 aliphatic rings. The highest BCUT2D eigenvalue weighted by Gasteiger charge is 2.11. The number of benzene rings is 1. The van der Waals surface area contributed by atoms with Gasteiger partial charge in [-0.05, 0) is 32.0 Å². The molecule has 0 atom stereocenters. The summed E-state index contributed by atoms with van der Waals surface area (Å²) < 4.78 is 15.2. The van der Waals surface area contributed by atoms with Gasteiger partial charge in [0, 0.05) is 35.6 Å². The smallest absolute Gasteiger partial charge is 0.241 e. The summed E-state index contributed by atoms with van der Waals surface area (Å²) in [5.74, 6) is 0.147. The second-order valence-corrected chi connectivity index (χ2v) is 7.50. The Hall–Kier alpha value is -2.91. The molecule has 2 heterocycles. The average Bonchev–Trinajstić information content (AvgIpc) is 3.11. The number of halogens is 3. The van der Waals surface area contributed by atoms with E-state index in [1.54, 1.807) is 24.7 Å². The van der Waals surface area contributed by atoms with Crippen molar-refractivity contribution in [2.45, 2.75) is 33.0 Å². The summed E-state index contributed by atoms with van der Waals surface area (Å²) in [7, 11) is 0. The Morgan fingerprint density at radius 2 is 2.07 bits per heavy atom. The van der Waals surface area contributed by atoms with Gasteiger partial charge in [0.15, 0.2) is 0 Å². The minimum atomic E-state index is -0.540. The fourth-order valence-corrected chi connectivity index (χ4v) is 3.09. The Kier molecular flexibility index (Phi) is 7.07. The van der Waals surface area contributed by atoms with Crippen molar-refractivity contribution in [1.82, 2.24) is 25.1 Å². The molecule has 158 valence electrons. The van der Waals surface area contributed by atoms with Crippen molar-refractivity contribution in [3.8, 4) is 0 Å². The lowest BCUT2D eigenvalue weighted by atomic mass is 10.2. The highest BCUT2D eigenvalue weighted by Crippen LogP contribution is 2.28. The number of hydrogen-bond acceptors (Lipinski definition) is 6. The maximum Gasteiger partial charge on any atom is 0.241 e. The molecule has 8 nitrogen and oxygen atoms in total. The molecule has 0 unspecified atom stereocenters. The van der Waals surface area contributed by atoms with Crippen LogP contribution in [0.5, 0.6) is 0 Å². The molecule has 0 aliphatic heterocycles. The van der Waals surface area contributed by atoms with Crippen molar-refractivity contribution >= 4 is 46.6 Å². The molecule has 30 heavy (non-hydrogen) atoms. The number of rotatable bonds is 8. The summed E-state index contributed by atoms with van der Waals surface area (Å²) in [5.41, 5.74) is 1.06. The van der Waals surface area contributed by atoms with Gasteiger partial charge in [-0.3, -0.25) is 9.48 Å². The molecule has 3 N–H and O–H groups in total. The van der Waals surface area contributed by atoms with Crippen LogP contribution >= 0.6 is 23.2 Å². The largest absolute Gasteiger partial charge is 0.366 e. The van der Waals surface area contributed by atoms with Gasteiger partial charge in [-0.1, -0.05) is 23.2 Å². The van der Waals surface area contributed by atoms with Gasteiger partial charge in [0.2, 0.25) is 11.9 Å². The van der Waals surface area contributed by atoms with E-state index in [0.29, 0.717) is 28.0 Å². The fraction of sp³-hybridized carbons (Fsp3) is 0.263. The van der Waals surface area contributed by atoms with Gasteiger partial charge in [-0.2, -0.15) is 10.1 Å². The molecule has 0 bridgehead atoms. The lowest BCUT2D eigenvalue weighted by Gasteiger charge is -2.10. The van der Waals surface area contributed by atoms with E-state index < -0.39 is 5.82 Å². The third-order valence-corrected chi connectivity index (χ3v) is 4.65. The summed E-state index contributed by atoms with van der Waals surface area (Å²) in [6, 6.07) is 4.39. The summed E-state index contributed by atoms with van der Waals surface area (Å²) in [4.78, 5) is 20.3. The van der Waals surface area contributed by atoms with Crippen molar-refractivity contribution in [2.24, 2.45) is 0 Å². The first-order valence-corrected chi connectivity index (χ1v) is 9.85. The number of carbonyl (C=O) groups is 1. The van der Waals surface area contributed by atoms with Crippen LogP contribution < -0.4 is 16.0 Å². The Morgan fingerprint density at radius 3 is 2.83 bits per heavy atom. The SMILES string of the molecule is CC(C)NC(=O)Cn1cc(Nc2nccc(NCc3c(Cl)ccc(F)c3Cl)n2)cn1. The molecule has 2 aromatic heterocycles. The van der Waals surface area contributed by atoms with E-state index in [0.717, 1.165) is 0 Å². The lowest BCUT2D eigenvalue weighted by Crippen LogP contribution is -2.33. The molecule has 0 saturated heterocycles. The summed E-state index contributed by atoms with van der Waals surface area (Å²) in [5, 5.41) is 13.3. The first kappa shape index (κ1) is 21.8. The third kappa shape index (κ3) is 5.80. The van der Waals surface area contributed by atoms with Crippen LogP contribution in [0.2, 0.25) is 10.0 Å². The van der Waals surface area contributed by atoms with Crippen LogP contribution in [0, 0.1) is 5.82 Å². The number of nitrogens with zero attached hydrogens (tertiary/aromatic N) is 4. The zero-order valence-electron chi connectivity index (χ0n) is 16.3. The lowest BCUT2D eigenvalue weighted by molar-refractivity contribution is -0.122. The van der Waals surface area contributed by atoms with E-state index in [4.69, 9.17) is 23.2 Å². The minimum absolute atomic E-state index is 0.0312. The molecule has 3 rings (SSSR count). The standard InChI is InChI=1S/C19H20Cl2FN7O/c1-11(2)26-17(30)10-29-9-12(7-25-29)27-19-23-6-5-16(28-19)24-8-13-14(20)3-4-15(22)18(13)21/h3-7,9,11H,8,10H2,1-2H3,(H,26,30)(H2,23,24,27,28). The van der Waals surface area contributed by atoms with Gasteiger partial charge in [-0.25, -0.2) is 9.37 Å². The molecule has 1 aromatic carbocycles. The highest BCUT2D eigenvalue weighted by atomic mass is 35.5. The molecule has 0 fully saturated rings. The van der Waals surface area contributed by atoms with Gasteiger partial charge >= 0.3 is 0 Å². The number of anilines is 3. The summed E-state index contributed by atoms with van der Waals surface area (Å²) in [6.07, 6.45) is 4.81. The number of nitrogens with one attached hydrogen (secondary N) is 3. The molecule has 0 aliphatic carbocycles. The van der Waals surface area contributed by atoms with Crippen LogP contribution in [0.3, 0.4) is 0 Å². The van der Waals surface area contributed by atoms with E-state index in [-0.39, 0.29) is 30.1 Å². The zero-order valence-corrected chi connectivity index (χ0v) is 17.8. The van der Waals surface area contributed by atoms with Gasteiger partial charge < -0.3 is 16.0 Å². The van der Waals surface area contributed by atoms with E-state index in [1.807, 2.05) is 13.8 Å². The molecule has 3 aromatic rings. The number of amides is 1. The van der Waals surface area contributed by atoms with E-state index in [2.05, 4.69) is 31.0 Å². The maximum absolute atomic E-state index is 13.6. The Morgan fingerprint density at radius 1 is 1.27 bits per heavy atom. The molecular weight excluding hydrogens is 432 g/mol. The van der Waals surface area contributed by atoms with Crippen LogP contribution in [-0.2, 0) is 17.9 Å². The van der Waals surface area contributed by atoms with E-state index in [1.165, 1.54) is 16.8 Å². The first-order chi connectivity index (χ1) is 14.3. The van der Waals surface area contributed by atoms with Crippen LogP contribution in [0.1, 0.15) is 19.4 Å². The van der Waals surface area contributed by atoms with Crippen molar-refractivity contribution < 1.29 is 9.18 Å². The zero-order chi connectivity index (χ0) is 21.7. The van der Waals surface area contributed by atoms with E-state index in [9.17, 15) is 9.18 Å². The average molecular weight is 452 g/mol.